The van der Waals surface area contributed by atoms with Gasteiger partial charge in [0.15, 0.2) is 0 Å². The van der Waals surface area contributed by atoms with Gasteiger partial charge in [0.1, 0.15) is 5.84 Å². The Hall–Kier alpha value is -0.940. The molecule has 0 saturated carbocycles. The van der Waals surface area contributed by atoms with Crippen LogP contribution in [0.1, 0.15) is 55.1 Å². The molecule has 0 aromatic carbocycles. The first-order valence-corrected chi connectivity index (χ1v) is 8.35. The molecule has 1 aliphatic rings. The van der Waals surface area contributed by atoms with Crippen LogP contribution in [0.3, 0.4) is 0 Å². The molecule has 1 fully saturated rings. The predicted octanol–water partition coefficient (Wildman–Crippen LogP) is 2.82. The van der Waals surface area contributed by atoms with Gasteiger partial charge in [0, 0.05) is 19.5 Å². The Bertz CT molecular complexity index is 466. The minimum atomic E-state index is 0.157. The fraction of sp³-hybridized carbons (Fsp3) is 0.733. The topological polar surface area (TPSA) is 66.0 Å². The number of nitrogens with two attached hydrogens (primary N) is 1. The third-order valence-corrected chi connectivity index (χ3v) is 5.04. The maximum Gasteiger partial charge on any atom is 0.135 e. The number of nitrogens with zero attached hydrogens (tertiary/aromatic N) is 2. The normalized spacial score (nSPS) is 20.5. The highest BCUT2D eigenvalue weighted by Crippen LogP contribution is 2.25. The number of nitrogens with one attached hydrogen (secondary N) is 1. The zero-order chi connectivity index (χ0) is 14.7. The van der Waals surface area contributed by atoms with Crippen molar-refractivity contribution in [2.45, 2.75) is 46.0 Å². The highest BCUT2D eigenvalue weighted by Gasteiger charge is 2.19. The Morgan fingerprint density at radius 2 is 2.30 bits per heavy atom. The lowest BCUT2D eigenvalue weighted by Gasteiger charge is -2.30. The number of amidine groups is 1. The van der Waals surface area contributed by atoms with Crippen LogP contribution in [0.2, 0.25) is 0 Å². The van der Waals surface area contributed by atoms with Gasteiger partial charge in [-0.3, -0.25) is 5.41 Å². The molecule has 5 heteroatoms. The Morgan fingerprint density at radius 3 is 2.85 bits per heavy atom. The highest BCUT2D eigenvalue weighted by molar-refractivity contribution is 7.13. The Balaban J connectivity index is 1.99. The summed E-state index contributed by atoms with van der Waals surface area (Å²) in [6, 6.07) is 0. The number of thiazole rings is 1. The first-order valence-electron chi connectivity index (χ1n) is 7.53. The van der Waals surface area contributed by atoms with Gasteiger partial charge in [-0.1, -0.05) is 20.8 Å². The molecule has 1 aromatic heterocycles. The molecule has 1 atom stereocenters. The van der Waals surface area contributed by atoms with Gasteiger partial charge in [-0.05, 0) is 31.2 Å². The van der Waals surface area contributed by atoms with E-state index in [1.54, 1.807) is 11.3 Å². The van der Waals surface area contributed by atoms with Gasteiger partial charge in [0.25, 0.3) is 0 Å². The summed E-state index contributed by atoms with van der Waals surface area (Å²) in [6.07, 6.45) is 3.65. The van der Waals surface area contributed by atoms with Crippen molar-refractivity contribution in [1.82, 2.24) is 9.88 Å². The summed E-state index contributed by atoms with van der Waals surface area (Å²) < 4.78 is 0. The third kappa shape index (κ3) is 3.79. The summed E-state index contributed by atoms with van der Waals surface area (Å²) in [5.41, 5.74) is 6.66. The molecule has 20 heavy (non-hydrogen) atoms. The molecule has 1 saturated heterocycles. The van der Waals surface area contributed by atoms with E-state index in [4.69, 9.17) is 16.1 Å². The minimum Gasteiger partial charge on any atom is -0.383 e. The van der Waals surface area contributed by atoms with Crippen molar-refractivity contribution in [1.29, 1.82) is 5.41 Å². The lowest BCUT2D eigenvalue weighted by molar-refractivity contribution is 0.186. The van der Waals surface area contributed by atoms with Crippen LogP contribution >= 0.6 is 11.3 Å². The number of hydrogen-bond donors (Lipinski definition) is 2. The van der Waals surface area contributed by atoms with Crippen molar-refractivity contribution in [3.63, 3.8) is 0 Å². The fourth-order valence-corrected chi connectivity index (χ4v) is 3.88. The second-order valence-corrected chi connectivity index (χ2v) is 7.27. The molecule has 1 aliphatic heterocycles. The second kappa shape index (κ2) is 6.68. The Morgan fingerprint density at radius 1 is 1.55 bits per heavy atom. The molecular weight excluding hydrogens is 268 g/mol. The molecule has 0 radical (unpaired) electrons. The fourth-order valence-electron chi connectivity index (χ4n) is 2.81. The molecule has 1 unspecified atom stereocenters. The summed E-state index contributed by atoms with van der Waals surface area (Å²) in [5.74, 6) is 1.30. The van der Waals surface area contributed by atoms with Crippen LogP contribution in [0.15, 0.2) is 0 Å². The number of nitrogen functional groups attached to an aromatic ring is 1. The van der Waals surface area contributed by atoms with Gasteiger partial charge >= 0.3 is 0 Å². The predicted molar refractivity (Wildman–Crippen MR) is 85.8 cm³/mol. The Kier molecular flexibility index (Phi) is 5.16. The smallest absolute Gasteiger partial charge is 0.135 e. The monoisotopic (exact) mass is 294 g/mol. The van der Waals surface area contributed by atoms with Crippen molar-refractivity contribution in [3.05, 3.63) is 15.6 Å². The van der Waals surface area contributed by atoms with E-state index in [-0.39, 0.29) is 5.84 Å². The van der Waals surface area contributed by atoms with Gasteiger partial charge < -0.3 is 10.6 Å². The molecule has 112 valence electrons. The zero-order valence-electron chi connectivity index (χ0n) is 12.8. The number of rotatable bonds is 5. The van der Waals surface area contributed by atoms with E-state index >= 15 is 0 Å². The maximum absolute atomic E-state index is 7.68. The van der Waals surface area contributed by atoms with E-state index in [0.29, 0.717) is 5.92 Å². The molecule has 3 N–H and O–H groups in total. The summed E-state index contributed by atoms with van der Waals surface area (Å²) in [7, 11) is 0. The van der Waals surface area contributed by atoms with Gasteiger partial charge in [0.05, 0.1) is 15.6 Å². The lowest BCUT2D eigenvalue weighted by Crippen LogP contribution is -2.35. The van der Waals surface area contributed by atoms with Crippen molar-refractivity contribution >= 4 is 17.2 Å². The zero-order valence-corrected chi connectivity index (χ0v) is 13.6. The molecule has 2 rings (SSSR count). The van der Waals surface area contributed by atoms with Gasteiger partial charge in [-0.25, -0.2) is 4.98 Å². The summed E-state index contributed by atoms with van der Waals surface area (Å²) >= 11 is 1.60. The van der Waals surface area contributed by atoms with E-state index in [9.17, 15) is 0 Å². The number of hydrogen-bond acceptors (Lipinski definition) is 4. The van der Waals surface area contributed by atoms with E-state index in [2.05, 4.69) is 25.7 Å². The van der Waals surface area contributed by atoms with E-state index in [1.165, 1.54) is 25.9 Å². The molecule has 4 nitrogen and oxygen atoms in total. The van der Waals surface area contributed by atoms with Crippen LogP contribution in [-0.2, 0) is 6.42 Å². The lowest BCUT2D eigenvalue weighted by atomic mass is 10.0. The molecule has 0 amide bonds. The van der Waals surface area contributed by atoms with Crippen LogP contribution in [0.5, 0.6) is 0 Å². The van der Waals surface area contributed by atoms with Crippen molar-refractivity contribution in [3.8, 4) is 0 Å². The van der Waals surface area contributed by atoms with E-state index in [1.807, 2.05) is 0 Å². The van der Waals surface area contributed by atoms with E-state index < -0.39 is 0 Å². The first kappa shape index (κ1) is 15.4. The molecular formula is C15H26N4S. The summed E-state index contributed by atoms with van der Waals surface area (Å²) in [5, 5.41) is 8.80. The number of likely N-dealkylation sites (tertiary alicyclic amines) is 1. The summed E-state index contributed by atoms with van der Waals surface area (Å²) in [6.45, 7) is 10.1. The maximum atomic E-state index is 7.68. The van der Waals surface area contributed by atoms with Gasteiger partial charge in [0.2, 0.25) is 0 Å². The largest absolute Gasteiger partial charge is 0.383 e. The highest BCUT2D eigenvalue weighted by atomic mass is 32.1. The first-order chi connectivity index (χ1) is 9.47. The third-order valence-electron chi connectivity index (χ3n) is 3.87. The molecule has 0 bridgehead atoms. The van der Waals surface area contributed by atoms with Crippen molar-refractivity contribution in [2.75, 3.05) is 19.6 Å². The van der Waals surface area contributed by atoms with Crippen LogP contribution in [0.25, 0.3) is 0 Å². The van der Waals surface area contributed by atoms with Crippen molar-refractivity contribution in [2.24, 2.45) is 11.7 Å². The average Bonchev–Trinajstić information content (AvgIpc) is 2.81. The van der Waals surface area contributed by atoms with Crippen LogP contribution in [0, 0.1) is 11.3 Å². The van der Waals surface area contributed by atoms with Crippen LogP contribution in [-0.4, -0.2) is 35.4 Å². The van der Waals surface area contributed by atoms with E-state index in [0.717, 1.165) is 34.5 Å². The number of piperidine rings is 1. The second-order valence-electron chi connectivity index (χ2n) is 6.19. The van der Waals surface area contributed by atoms with Crippen molar-refractivity contribution < 1.29 is 0 Å². The standard InChI is InChI=1S/C15H26N4S/c1-10(2)13-14(15(16)17)20-12(18-13)6-8-19-7-4-5-11(3)9-19/h10-11H,4-9H2,1-3H3,(H3,16,17). The quantitative estimate of drug-likeness (QED) is 0.648. The number of aromatic nitrogens is 1. The molecule has 0 spiro atoms. The van der Waals surface area contributed by atoms with Gasteiger partial charge in [-0.2, -0.15) is 0 Å². The summed E-state index contributed by atoms with van der Waals surface area (Å²) in [4.78, 5) is 8.11. The van der Waals surface area contributed by atoms with Crippen LogP contribution < -0.4 is 5.73 Å². The van der Waals surface area contributed by atoms with Gasteiger partial charge in [-0.15, -0.1) is 11.3 Å². The molecule has 0 aliphatic carbocycles. The molecule has 1 aromatic rings. The van der Waals surface area contributed by atoms with Crippen LogP contribution in [0.4, 0.5) is 0 Å². The minimum absolute atomic E-state index is 0.157. The Labute approximate surface area is 125 Å². The average molecular weight is 294 g/mol. The SMILES string of the molecule is CC1CCCN(CCc2nc(C(C)C)c(C(=N)N)s2)C1. The molecule has 2 heterocycles.